The Hall–Kier alpha value is -3.13. The molecule has 1 aromatic carbocycles. The van der Waals surface area contributed by atoms with Crippen LogP contribution < -0.4 is 10.6 Å². The van der Waals surface area contributed by atoms with Crippen molar-refractivity contribution in [1.82, 2.24) is 15.3 Å². The molecule has 29 heavy (non-hydrogen) atoms. The highest BCUT2D eigenvalue weighted by molar-refractivity contribution is 8.00. The fraction of sp³-hybridized carbons (Fsp3) is 0.238. The van der Waals surface area contributed by atoms with Crippen LogP contribution in [0.4, 0.5) is 5.82 Å². The van der Waals surface area contributed by atoms with Crippen LogP contribution in [0.1, 0.15) is 28.6 Å². The van der Waals surface area contributed by atoms with Gasteiger partial charge in [0.15, 0.2) is 5.16 Å². The highest BCUT2D eigenvalue weighted by atomic mass is 32.2. The van der Waals surface area contributed by atoms with Crippen molar-refractivity contribution in [3.05, 3.63) is 59.9 Å². The number of amides is 2. The molecule has 2 heterocycles. The molecule has 150 valence electrons. The van der Waals surface area contributed by atoms with Crippen LogP contribution in [0.15, 0.2) is 52.6 Å². The Balaban J connectivity index is 1.93. The maximum absolute atomic E-state index is 12.7. The minimum atomic E-state index is -0.428. The van der Waals surface area contributed by atoms with Gasteiger partial charge in [-0.05, 0) is 32.9 Å². The Morgan fingerprint density at radius 3 is 2.66 bits per heavy atom. The smallest absolute Gasteiger partial charge is 0.256 e. The van der Waals surface area contributed by atoms with Gasteiger partial charge >= 0.3 is 0 Å². The summed E-state index contributed by atoms with van der Waals surface area (Å²) < 4.78 is 5.74. The molecule has 0 aliphatic carbocycles. The van der Waals surface area contributed by atoms with Crippen molar-refractivity contribution in [3.8, 4) is 0 Å². The molecule has 8 heteroatoms. The van der Waals surface area contributed by atoms with E-state index < -0.39 is 5.25 Å². The van der Waals surface area contributed by atoms with Crippen molar-refractivity contribution >= 4 is 40.5 Å². The molecule has 0 saturated heterocycles. The number of benzene rings is 1. The molecule has 0 fully saturated rings. The quantitative estimate of drug-likeness (QED) is 0.349. The molecule has 1 atom stereocenters. The van der Waals surface area contributed by atoms with E-state index in [0.29, 0.717) is 39.9 Å². The highest BCUT2D eigenvalue weighted by Crippen LogP contribution is 2.32. The Bertz CT molecular complexity index is 1060. The minimum absolute atomic E-state index is 0.153. The van der Waals surface area contributed by atoms with E-state index in [0.717, 1.165) is 5.56 Å². The van der Waals surface area contributed by atoms with Gasteiger partial charge in [-0.3, -0.25) is 9.59 Å². The fourth-order valence-corrected chi connectivity index (χ4v) is 3.46. The second-order valence-electron chi connectivity index (χ2n) is 6.43. The standard InChI is InChI=1S/C21H22N4O3S/c1-5-11-22-18(26)14(4)29-21-24-17(16-12(2)13(3)28-20(16)25-21)23-19(27)15-9-7-6-8-10-15/h5-10,14H,1,11H2,2-4H3,(H,22,26)(H,23,24,25,27). The molecule has 0 aliphatic rings. The second kappa shape index (κ2) is 8.91. The van der Waals surface area contributed by atoms with E-state index in [9.17, 15) is 9.59 Å². The SMILES string of the molecule is C=CCNC(=O)C(C)Sc1nc(NC(=O)c2ccccc2)c2c(C)c(C)oc2n1. The molecule has 7 nitrogen and oxygen atoms in total. The largest absolute Gasteiger partial charge is 0.443 e. The Morgan fingerprint density at radius 1 is 1.24 bits per heavy atom. The van der Waals surface area contributed by atoms with E-state index >= 15 is 0 Å². The van der Waals surface area contributed by atoms with Crippen LogP contribution >= 0.6 is 11.8 Å². The Labute approximate surface area is 173 Å². The maximum atomic E-state index is 12.7. The predicted octanol–water partition coefficient (Wildman–Crippen LogP) is 3.87. The van der Waals surface area contributed by atoms with Crippen LogP contribution in [-0.2, 0) is 4.79 Å². The minimum Gasteiger partial charge on any atom is -0.443 e. The lowest BCUT2D eigenvalue weighted by Crippen LogP contribution is -2.31. The fourth-order valence-electron chi connectivity index (χ4n) is 2.67. The summed E-state index contributed by atoms with van der Waals surface area (Å²) in [5.41, 5.74) is 1.75. The summed E-state index contributed by atoms with van der Waals surface area (Å²) in [6.45, 7) is 9.46. The molecule has 0 spiro atoms. The van der Waals surface area contributed by atoms with E-state index in [2.05, 4.69) is 27.2 Å². The van der Waals surface area contributed by atoms with E-state index in [1.807, 2.05) is 19.9 Å². The van der Waals surface area contributed by atoms with Gasteiger partial charge in [0.2, 0.25) is 11.6 Å². The van der Waals surface area contributed by atoms with Gasteiger partial charge in [-0.25, -0.2) is 4.98 Å². The average Bonchev–Trinajstić information content (AvgIpc) is 3.00. The summed E-state index contributed by atoms with van der Waals surface area (Å²) in [5.74, 6) is 0.625. The number of carbonyl (C=O) groups is 2. The zero-order valence-electron chi connectivity index (χ0n) is 16.5. The Kier molecular flexibility index (Phi) is 6.33. The number of hydrogen-bond donors (Lipinski definition) is 2. The summed E-state index contributed by atoms with van der Waals surface area (Å²) in [6.07, 6.45) is 1.61. The molecule has 2 N–H and O–H groups in total. The summed E-state index contributed by atoms with van der Waals surface area (Å²) >= 11 is 1.19. The number of fused-ring (bicyclic) bond motifs is 1. The molecule has 0 bridgehead atoms. The van der Waals surface area contributed by atoms with Gasteiger partial charge in [0.05, 0.1) is 10.6 Å². The van der Waals surface area contributed by atoms with Crippen molar-refractivity contribution in [1.29, 1.82) is 0 Å². The van der Waals surface area contributed by atoms with E-state index in [-0.39, 0.29) is 11.8 Å². The first-order valence-corrected chi connectivity index (χ1v) is 9.98. The van der Waals surface area contributed by atoms with E-state index in [4.69, 9.17) is 4.42 Å². The predicted molar refractivity (Wildman–Crippen MR) is 114 cm³/mol. The molecule has 2 amide bonds. The molecule has 3 aromatic rings. The summed E-state index contributed by atoms with van der Waals surface area (Å²) in [5, 5.41) is 6.17. The third-order valence-corrected chi connectivity index (χ3v) is 5.31. The average molecular weight is 410 g/mol. The molecule has 0 radical (unpaired) electrons. The first-order chi connectivity index (χ1) is 13.9. The number of thioether (sulfide) groups is 1. The van der Waals surface area contributed by atoms with Gasteiger partial charge in [0, 0.05) is 17.7 Å². The normalized spacial score (nSPS) is 11.8. The van der Waals surface area contributed by atoms with Crippen molar-refractivity contribution in [2.24, 2.45) is 0 Å². The van der Waals surface area contributed by atoms with Crippen molar-refractivity contribution in [2.45, 2.75) is 31.2 Å². The summed E-state index contributed by atoms with van der Waals surface area (Å²) in [4.78, 5) is 33.7. The van der Waals surface area contributed by atoms with Crippen LogP contribution in [-0.4, -0.2) is 33.6 Å². The van der Waals surface area contributed by atoms with Crippen molar-refractivity contribution in [3.63, 3.8) is 0 Å². The van der Waals surface area contributed by atoms with Gasteiger partial charge in [0.1, 0.15) is 11.6 Å². The Morgan fingerprint density at radius 2 is 1.97 bits per heavy atom. The molecular weight excluding hydrogens is 388 g/mol. The number of nitrogens with one attached hydrogen (secondary N) is 2. The summed E-state index contributed by atoms with van der Waals surface area (Å²) in [6, 6.07) is 8.88. The highest BCUT2D eigenvalue weighted by Gasteiger charge is 2.21. The van der Waals surface area contributed by atoms with Crippen LogP contribution in [0.3, 0.4) is 0 Å². The van der Waals surface area contributed by atoms with Crippen LogP contribution in [0.2, 0.25) is 0 Å². The zero-order valence-corrected chi connectivity index (χ0v) is 17.3. The van der Waals surface area contributed by atoms with E-state index in [1.54, 1.807) is 37.3 Å². The first kappa shape index (κ1) is 20.6. The van der Waals surface area contributed by atoms with Gasteiger partial charge in [-0.15, -0.1) is 6.58 Å². The molecule has 0 aliphatic heterocycles. The van der Waals surface area contributed by atoms with Gasteiger partial charge in [-0.2, -0.15) is 4.98 Å². The topological polar surface area (TPSA) is 97.1 Å². The molecule has 1 unspecified atom stereocenters. The van der Waals surface area contributed by atoms with Crippen molar-refractivity contribution < 1.29 is 14.0 Å². The second-order valence-corrected chi connectivity index (χ2v) is 7.74. The number of aromatic nitrogens is 2. The van der Waals surface area contributed by atoms with Gasteiger partial charge < -0.3 is 15.1 Å². The zero-order chi connectivity index (χ0) is 21.0. The van der Waals surface area contributed by atoms with Gasteiger partial charge in [0.25, 0.3) is 5.91 Å². The third-order valence-electron chi connectivity index (χ3n) is 4.35. The lowest BCUT2D eigenvalue weighted by molar-refractivity contribution is -0.120. The third kappa shape index (κ3) is 4.65. The number of rotatable bonds is 7. The molecule has 2 aromatic heterocycles. The lowest BCUT2D eigenvalue weighted by Gasteiger charge is -2.11. The maximum Gasteiger partial charge on any atom is 0.256 e. The number of furan rings is 1. The molecule has 0 saturated carbocycles. The molecule has 3 rings (SSSR count). The van der Waals surface area contributed by atoms with E-state index in [1.165, 1.54) is 11.8 Å². The molecular formula is C21H22N4O3S. The first-order valence-electron chi connectivity index (χ1n) is 9.10. The van der Waals surface area contributed by atoms with Crippen LogP contribution in [0.5, 0.6) is 0 Å². The monoisotopic (exact) mass is 410 g/mol. The number of hydrogen-bond acceptors (Lipinski definition) is 6. The van der Waals surface area contributed by atoms with Crippen LogP contribution in [0, 0.1) is 13.8 Å². The van der Waals surface area contributed by atoms with Crippen LogP contribution in [0.25, 0.3) is 11.1 Å². The number of carbonyl (C=O) groups excluding carboxylic acids is 2. The van der Waals surface area contributed by atoms with Crippen molar-refractivity contribution in [2.75, 3.05) is 11.9 Å². The number of anilines is 1. The number of nitrogens with zero attached hydrogens (tertiary/aromatic N) is 2. The summed E-state index contributed by atoms with van der Waals surface area (Å²) in [7, 11) is 0. The lowest BCUT2D eigenvalue weighted by atomic mass is 10.2. The van der Waals surface area contributed by atoms with Gasteiger partial charge in [-0.1, -0.05) is 36.0 Å². The number of aryl methyl sites for hydroxylation is 2.